The van der Waals surface area contributed by atoms with Crippen LogP contribution in [0.1, 0.15) is 24.6 Å². The first-order chi connectivity index (χ1) is 10.8. The lowest BCUT2D eigenvalue weighted by Crippen LogP contribution is -2.37. The topological polar surface area (TPSA) is 54.2 Å². The Balaban J connectivity index is 0.00000264. The van der Waals surface area contributed by atoms with E-state index >= 15 is 0 Å². The zero-order chi connectivity index (χ0) is 15.6. The van der Waals surface area contributed by atoms with Gasteiger partial charge in [-0.1, -0.05) is 30.3 Å². The van der Waals surface area contributed by atoms with Gasteiger partial charge in [0, 0.05) is 26.3 Å². The molecule has 0 aliphatic rings. The van der Waals surface area contributed by atoms with Crippen LogP contribution in [0.4, 0.5) is 0 Å². The van der Waals surface area contributed by atoms with Gasteiger partial charge in [0.2, 0.25) is 0 Å². The molecule has 0 unspecified atom stereocenters. The van der Waals surface area contributed by atoms with Crippen molar-refractivity contribution in [1.29, 1.82) is 0 Å². The quantitative estimate of drug-likeness (QED) is 0.309. The zero-order valence-electron chi connectivity index (χ0n) is 13.8. The minimum Gasteiger partial charge on any atom is -0.357 e. The molecule has 0 spiro atoms. The third-order valence-corrected chi connectivity index (χ3v) is 3.44. The number of nitrogens with one attached hydrogen (secondary N) is 2. The third-order valence-electron chi connectivity index (χ3n) is 3.44. The van der Waals surface area contributed by atoms with Crippen LogP contribution in [-0.4, -0.2) is 28.8 Å². The Morgan fingerprint density at radius 2 is 1.96 bits per heavy atom. The van der Waals surface area contributed by atoms with Crippen molar-refractivity contribution in [3.63, 3.8) is 0 Å². The van der Waals surface area contributed by atoms with Gasteiger partial charge in [-0.3, -0.25) is 4.68 Å². The van der Waals surface area contributed by atoms with E-state index in [0.29, 0.717) is 6.54 Å². The van der Waals surface area contributed by atoms with Crippen LogP contribution in [0.25, 0.3) is 0 Å². The number of halogens is 1. The Morgan fingerprint density at radius 1 is 1.17 bits per heavy atom. The number of guanidine groups is 1. The molecule has 2 rings (SSSR count). The molecule has 1 heterocycles. The highest BCUT2D eigenvalue weighted by molar-refractivity contribution is 14.0. The molecule has 0 bridgehead atoms. The van der Waals surface area contributed by atoms with Gasteiger partial charge in [0.05, 0.1) is 12.2 Å². The van der Waals surface area contributed by atoms with Gasteiger partial charge < -0.3 is 10.6 Å². The van der Waals surface area contributed by atoms with E-state index in [4.69, 9.17) is 0 Å². The predicted molar refractivity (Wildman–Crippen MR) is 106 cm³/mol. The van der Waals surface area contributed by atoms with Gasteiger partial charge in [-0.25, -0.2) is 4.99 Å². The zero-order valence-corrected chi connectivity index (χ0v) is 16.2. The molecule has 5 nitrogen and oxygen atoms in total. The number of rotatable bonds is 7. The standard InChI is InChI=1S/C17H25N5.HI/c1-3-18-17(20-14-16-11-13-21-22(16)2)19-12-7-10-15-8-5-4-6-9-15;/h4-6,8-9,11,13H,3,7,10,12,14H2,1-2H3,(H2,18,19,20);1H. The molecule has 0 radical (unpaired) electrons. The van der Waals surface area contributed by atoms with E-state index in [1.54, 1.807) is 6.20 Å². The first-order valence-corrected chi connectivity index (χ1v) is 7.82. The number of hydrogen-bond acceptors (Lipinski definition) is 2. The fraction of sp³-hybridized carbons (Fsp3) is 0.412. The smallest absolute Gasteiger partial charge is 0.191 e. The molecule has 0 saturated carbocycles. The number of nitrogens with zero attached hydrogens (tertiary/aromatic N) is 3. The van der Waals surface area contributed by atoms with Crippen molar-refractivity contribution in [2.75, 3.05) is 13.1 Å². The molecule has 1 aromatic heterocycles. The van der Waals surface area contributed by atoms with Crippen LogP contribution in [0.5, 0.6) is 0 Å². The SMILES string of the molecule is CCNC(=NCc1ccnn1C)NCCCc1ccccc1.I. The van der Waals surface area contributed by atoms with Gasteiger partial charge in [-0.2, -0.15) is 5.10 Å². The first kappa shape index (κ1) is 19.5. The minimum atomic E-state index is 0. The van der Waals surface area contributed by atoms with Crippen molar-refractivity contribution in [3.05, 3.63) is 53.9 Å². The Hall–Kier alpha value is -1.57. The number of hydrogen-bond donors (Lipinski definition) is 2. The lowest BCUT2D eigenvalue weighted by molar-refractivity contribution is 0.703. The van der Waals surface area contributed by atoms with Crippen LogP contribution in [0.3, 0.4) is 0 Å². The van der Waals surface area contributed by atoms with E-state index in [2.05, 4.69) is 58.0 Å². The van der Waals surface area contributed by atoms with Crippen molar-refractivity contribution in [1.82, 2.24) is 20.4 Å². The van der Waals surface area contributed by atoms with Crippen molar-refractivity contribution in [2.24, 2.45) is 12.0 Å². The van der Waals surface area contributed by atoms with Crippen molar-refractivity contribution in [2.45, 2.75) is 26.3 Å². The predicted octanol–water partition coefficient (Wildman–Crippen LogP) is 2.73. The fourth-order valence-electron chi connectivity index (χ4n) is 2.20. The summed E-state index contributed by atoms with van der Waals surface area (Å²) in [5.74, 6) is 0.858. The Bertz CT molecular complexity index is 580. The van der Waals surface area contributed by atoms with E-state index in [9.17, 15) is 0 Å². The second-order valence-electron chi connectivity index (χ2n) is 5.16. The highest BCUT2D eigenvalue weighted by Crippen LogP contribution is 2.01. The molecule has 0 amide bonds. The summed E-state index contributed by atoms with van der Waals surface area (Å²) in [6.07, 6.45) is 3.96. The van der Waals surface area contributed by atoms with Crippen LogP contribution < -0.4 is 10.6 Å². The maximum Gasteiger partial charge on any atom is 0.191 e. The Morgan fingerprint density at radius 3 is 2.61 bits per heavy atom. The summed E-state index contributed by atoms with van der Waals surface area (Å²) in [7, 11) is 1.94. The first-order valence-electron chi connectivity index (χ1n) is 7.82. The van der Waals surface area contributed by atoms with E-state index in [1.165, 1.54) is 5.56 Å². The summed E-state index contributed by atoms with van der Waals surface area (Å²) in [6.45, 7) is 4.47. The van der Waals surface area contributed by atoms with Gasteiger partial charge in [0.25, 0.3) is 0 Å². The van der Waals surface area contributed by atoms with Gasteiger partial charge in [0.1, 0.15) is 0 Å². The lowest BCUT2D eigenvalue weighted by atomic mass is 10.1. The number of aliphatic imine (C=N–C) groups is 1. The summed E-state index contributed by atoms with van der Waals surface area (Å²) >= 11 is 0. The van der Waals surface area contributed by atoms with Crippen LogP contribution in [0.15, 0.2) is 47.6 Å². The molecule has 0 aliphatic heterocycles. The molecule has 0 atom stereocenters. The second-order valence-corrected chi connectivity index (χ2v) is 5.16. The van der Waals surface area contributed by atoms with Crippen molar-refractivity contribution >= 4 is 29.9 Å². The molecule has 2 N–H and O–H groups in total. The normalized spacial score (nSPS) is 11.0. The Kier molecular flexibility index (Phi) is 9.35. The molecular formula is C17H26IN5. The monoisotopic (exact) mass is 427 g/mol. The van der Waals surface area contributed by atoms with Gasteiger partial charge >= 0.3 is 0 Å². The van der Waals surface area contributed by atoms with Gasteiger partial charge in [0.15, 0.2) is 5.96 Å². The molecule has 126 valence electrons. The molecule has 2 aromatic rings. The van der Waals surface area contributed by atoms with Crippen LogP contribution >= 0.6 is 24.0 Å². The third kappa shape index (κ3) is 7.02. The van der Waals surface area contributed by atoms with E-state index in [0.717, 1.165) is 37.6 Å². The maximum atomic E-state index is 4.59. The van der Waals surface area contributed by atoms with Crippen LogP contribution in [0.2, 0.25) is 0 Å². The summed E-state index contributed by atoms with van der Waals surface area (Å²) in [5.41, 5.74) is 2.47. The number of aryl methyl sites for hydroxylation is 2. The van der Waals surface area contributed by atoms with Crippen molar-refractivity contribution < 1.29 is 0 Å². The lowest BCUT2D eigenvalue weighted by Gasteiger charge is -2.11. The van der Waals surface area contributed by atoms with Crippen LogP contribution in [-0.2, 0) is 20.0 Å². The highest BCUT2D eigenvalue weighted by atomic mass is 127. The number of aromatic nitrogens is 2. The molecule has 0 aliphatic carbocycles. The number of benzene rings is 1. The van der Waals surface area contributed by atoms with E-state index < -0.39 is 0 Å². The van der Waals surface area contributed by atoms with Crippen molar-refractivity contribution in [3.8, 4) is 0 Å². The largest absolute Gasteiger partial charge is 0.357 e. The molecule has 6 heteroatoms. The van der Waals surface area contributed by atoms with Crippen LogP contribution in [0, 0.1) is 0 Å². The summed E-state index contributed by atoms with van der Waals surface area (Å²) in [5, 5.41) is 10.8. The van der Waals surface area contributed by atoms with E-state index in [1.807, 2.05) is 17.8 Å². The molecule has 0 saturated heterocycles. The molecular weight excluding hydrogens is 401 g/mol. The molecule has 1 aromatic carbocycles. The van der Waals surface area contributed by atoms with E-state index in [-0.39, 0.29) is 24.0 Å². The maximum absolute atomic E-state index is 4.59. The van der Waals surface area contributed by atoms with Gasteiger partial charge in [-0.05, 0) is 31.4 Å². The van der Waals surface area contributed by atoms with Gasteiger partial charge in [-0.15, -0.1) is 24.0 Å². The summed E-state index contributed by atoms with van der Waals surface area (Å²) in [4.78, 5) is 4.59. The average molecular weight is 427 g/mol. The fourth-order valence-corrected chi connectivity index (χ4v) is 2.20. The minimum absolute atomic E-state index is 0. The average Bonchev–Trinajstić information content (AvgIpc) is 2.95. The highest BCUT2D eigenvalue weighted by Gasteiger charge is 2.00. The summed E-state index contributed by atoms with van der Waals surface area (Å²) in [6, 6.07) is 12.5. The Labute approximate surface area is 155 Å². The summed E-state index contributed by atoms with van der Waals surface area (Å²) < 4.78 is 1.85. The molecule has 0 fully saturated rings. The second kappa shape index (κ2) is 11.0. The molecule has 23 heavy (non-hydrogen) atoms.